The number of hydrogen-bond acceptors (Lipinski definition) is 4. The van der Waals surface area contributed by atoms with Gasteiger partial charge < -0.3 is 4.42 Å². The highest BCUT2D eigenvalue weighted by Crippen LogP contribution is 2.27. The number of aromatic nitrogens is 2. The van der Waals surface area contributed by atoms with Crippen LogP contribution in [0.4, 0.5) is 0 Å². The third-order valence-corrected chi connectivity index (χ3v) is 4.05. The molecule has 1 aliphatic rings. The molecule has 2 heterocycles. The van der Waals surface area contributed by atoms with Crippen LogP contribution in [-0.4, -0.2) is 28.2 Å². The summed E-state index contributed by atoms with van der Waals surface area (Å²) in [5.74, 6) is 2.08. The molecule has 1 aromatic heterocycles. The molecule has 0 amide bonds. The quantitative estimate of drug-likeness (QED) is 0.856. The Kier molecular flexibility index (Phi) is 3.83. The molecule has 0 saturated carbocycles. The summed E-state index contributed by atoms with van der Waals surface area (Å²) in [5.41, 5.74) is 0.977. The smallest absolute Gasteiger partial charge is 0.247 e. The van der Waals surface area contributed by atoms with Crippen LogP contribution >= 0.6 is 0 Å². The molecule has 1 fully saturated rings. The van der Waals surface area contributed by atoms with Crippen molar-refractivity contribution in [2.24, 2.45) is 5.92 Å². The highest BCUT2D eigenvalue weighted by atomic mass is 16.4. The first-order chi connectivity index (χ1) is 9.74. The van der Waals surface area contributed by atoms with Crippen molar-refractivity contribution in [3.8, 4) is 11.5 Å². The Hall–Kier alpha value is -1.68. The molecular weight excluding hydrogens is 250 g/mol. The number of rotatable bonds is 3. The zero-order valence-electron chi connectivity index (χ0n) is 12.1. The Morgan fingerprint density at radius 2 is 2.05 bits per heavy atom. The van der Waals surface area contributed by atoms with E-state index in [9.17, 15) is 0 Å². The minimum atomic E-state index is 0.197. The molecule has 106 valence electrons. The molecule has 0 N–H and O–H groups in total. The minimum absolute atomic E-state index is 0.197. The van der Waals surface area contributed by atoms with Crippen LogP contribution in [0, 0.1) is 5.92 Å². The maximum Gasteiger partial charge on any atom is 0.247 e. The van der Waals surface area contributed by atoms with Gasteiger partial charge in [-0.25, -0.2) is 0 Å². The Labute approximate surface area is 119 Å². The van der Waals surface area contributed by atoms with Crippen LogP contribution in [-0.2, 0) is 0 Å². The lowest BCUT2D eigenvalue weighted by atomic mass is 9.99. The van der Waals surface area contributed by atoms with Gasteiger partial charge in [-0.1, -0.05) is 25.1 Å². The summed E-state index contributed by atoms with van der Waals surface area (Å²) in [5, 5.41) is 8.41. The van der Waals surface area contributed by atoms with E-state index in [0.717, 1.165) is 30.5 Å². The zero-order chi connectivity index (χ0) is 13.9. The molecule has 0 bridgehead atoms. The fourth-order valence-electron chi connectivity index (χ4n) is 2.83. The maximum atomic E-state index is 5.86. The molecular formula is C16H21N3O. The van der Waals surface area contributed by atoms with E-state index in [2.05, 4.69) is 28.9 Å². The number of benzene rings is 1. The van der Waals surface area contributed by atoms with Crippen molar-refractivity contribution in [1.82, 2.24) is 15.1 Å². The van der Waals surface area contributed by atoms with Gasteiger partial charge in [-0.15, -0.1) is 10.2 Å². The lowest BCUT2D eigenvalue weighted by Crippen LogP contribution is -2.36. The van der Waals surface area contributed by atoms with E-state index in [1.807, 2.05) is 30.3 Å². The topological polar surface area (TPSA) is 42.2 Å². The van der Waals surface area contributed by atoms with Gasteiger partial charge in [-0.05, 0) is 44.4 Å². The van der Waals surface area contributed by atoms with Gasteiger partial charge in [0.2, 0.25) is 11.8 Å². The maximum absolute atomic E-state index is 5.86. The standard InChI is InChI=1S/C16H21N3O/c1-12-7-6-10-19(11-12)13(2)15-17-18-16(20-15)14-8-4-3-5-9-14/h3-5,8-9,12-13H,6-7,10-11H2,1-2H3. The fourth-order valence-corrected chi connectivity index (χ4v) is 2.83. The molecule has 0 radical (unpaired) electrons. The lowest BCUT2D eigenvalue weighted by Gasteiger charge is -2.33. The first-order valence-corrected chi connectivity index (χ1v) is 7.37. The van der Waals surface area contributed by atoms with Crippen molar-refractivity contribution in [3.05, 3.63) is 36.2 Å². The highest BCUT2D eigenvalue weighted by molar-refractivity contribution is 5.51. The molecule has 4 heteroatoms. The first kappa shape index (κ1) is 13.3. The number of piperidine rings is 1. The molecule has 1 aromatic carbocycles. The van der Waals surface area contributed by atoms with E-state index in [1.54, 1.807) is 0 Å². The number of likely N-dealkylation sites (tertiary alicyclic amines) is 1. The molecule has 20 heavy (non-hydrogen) atoms. The van der Waals surface area contributed by atoms with E-state index >= 15 is 0 Å². The van der Waals surface area contributed by atoms with Gasteiger partial charge in [-0.2, -0.15) is 0 Å². The summed E-state index contributed by atoms with van der Waals surface area (Å²) in [6.45, 7) is 6.70. The van der Waals surface area contributed by atoms with Gasteiger partial charge in [-0.3, -0.25) is 4.90 Å². The van der Waals surface area contributed by atoms with Gasteiger partial charge in [0.1, 0.15) is 0 Å². The normalized spacial score (nSPS) is 21.8. The molecule has 3 rings (SSSR count). The van der Waals surface area contributed by atoms with Crippen LogP contribution in [0.5, 0.6) is 0 Å². The number of nitrogens with zero attached hydrogens (tertiary/aromatic N) is 3. The Balaban J connectivity index is 1.76. The monoisotopic (exact) mass is 271 g/mol. The predicted octanol–water partition coefficient (Wildman–Crippen LogP) is 3.53. The van der Waals surface area contributed by atoms with E-state index < -0.39 is 0 Å². The molecule has 2 atom stereocenters. The molecule has 0 spiro atoms. The summed E-state index contributed by atoms with van der Waals surface area (Å²) in [6.07, 6.45) is 2.58. The van der Waals surface area contributed by atoms with Crippen LogP contribution < -0.4 is 0 Å². The number of hydrogen-bond donors (Lipinski definition) is 0. The molecule has 2 unspecified atom stereocenters. The molecule has 1 saturated heterocycles. The molecule has 1 aliphatic heterocycles. The SMILES string of the molecule is CC1CCCN(C(C)c2nnc(-c3ccccc3)o2)C1. The summed E-state index contributed by atoms with van der Waals surface area (Å²) in [7, 11) is 0. The summed E-state index contributed by atoms with van der Waals surface area (Å²) in [4.78, 5) is 2.44. The molecule has 2 aromatic rings. The predicted molar refractivity (Wildman–Crippen MR) is 78.1 cm³/mol. The van der Waals surface area contributed by atoms with Gasteiger partial charge in [0.05, 0.1) is 6.04 Å². The van der Waals surface area contributed by atoms with Crippen LogP contribution in [0.25, 0.3) is 11.5 Å². The summed E-state index contributed by atoms with van der Waals surface area (Å²) >= 11 is 0. The minimum Gasteiger partial charge on any atom is -0.419 e. The van der Waals surface area contributed by atoms with E-state index in [-0.39, 0.29) is 6.04 Å². The van der Waals surface area contributed by atoms with E-state index in [0.29, 0.717) is 5.89 Å². The third-order valence-electron chi connectivity index (χ3n) is 4.05. The van der Waals surface area contributed by atoms with Crippen molar-refractivity contribution >= 4 is 0 Å². The van der Waals surface area contributed by atoms with Crippen LogP contribution in [0.15, 0.2) is 34.7 Å². The lowest BCUT2D eigenvalue weighted by molar-refractivity contribution is 0.122. The van der Waals surface area contributed by atoms with Gasteiger partial charge >= 0.3 is 0 Å². The molecule has 4 nitrogen and oxygen atoms in total. The van der Waals surface area contributed by atoms with Crippen molar-refractivity contribution in [3.63, 3.8) is 0 Å². The fraction of sp³-hybridized carbons (Fsp3) is 0.500. The van der Waals surface area contributed by atoms with Gasteiger partial charge in [0.25, 0.3) is 0 Å². The van der Waals surface area contributed by atoms with Crippen molar-refractivity contribution < 1.29 is 4.42 Å². The highest BCUT2D eigenvalue weighted by Gasteiger charge is 2.25. The third kappa shape index (κ3) is 2.75. The molecule has 0 aliphatic carbocycles. The Bertz CT molecular complexity index is 552. The second-order valence-electron chi connectivity index (χ2n) is 5.73. The van der Waals surface area contributed by atoms with Crippen molar-refractivity contribution in [2.45, 2.75) is 32.7 Å². The second-order valence-corrected chi connectivity index (χ2v) is 5.73. The Morgan fingerprint density at radius 1 is 1.25 bits per heavy atom. The van der Waals surface area contributed by atoms with Crippen LogP contribution in [0.3, 0.4) is 0 Å². The summed E-state index contributed by atoms with van der Waals surface area (Å²) < 4.78 is 5.86. The van der Waals surface area contributed by atoms with Crippen molar-refractivity contribution in [1.29, 1.82) is 0 Å². The van der Waals surface area contributed by atoms with Crippen LogP contribution in [0.1, 0.15) is 38.6 Å². The Morgan fingerprint density at radius 3 is 2.80 bits per heavy atom. The largest absolute Gasteiger partial charge is 0.419 e. The second kappa shape index (κ2) is 5.75. The zero-order valence-corrected chi connectivity index (χ0v) is 12.1. The average molecular weight is 271 g/mol. The van der Waals surface area contributed by atoms with Crippen molar-refractivity contribution in [2.75, 3.05) is 13.1 Å². The van der Waals surface area contributed by atoms with Gasteiger partial charge in [0.15, 0.2) is 0 Å². The van der Waals surface area contributed by atoms with Gasteiger partial charge in [0, 0.05) is 12.1 Å². The average Bonchev–Trinajstić information content (AvgIpc) is 2.97. The first-order valence-electron chi connectivity index (χ1n) is 7.37. The van der Waals surface area contributed by atoms with E-state index in [1.165, 1.54) is 12.8 Å². The summed E-state index contributed by atoms with van der Waals surface area (Å²) in [6, 6.07) is 10.1. The van der Waals surface area contributed by atoms with E-state index in [4.69, 9.17) is 4.42 Å². The van der Waals surface area contributed by atoms with Crippen LogP contribution in [0.2, 0.25) is 0 Å².